The Labute approximate surface area is 135 Å². The number of carbonyl (C=O) groups excluding carboxylic acids is 1. The van der Waals surface area contributed by atoms with Gasteiger partial charge >= 0.3 is 5.97 Å². The molecule has 3 aromatic rings. The summed E-state index contributed by atoms with van der Waals surface area (Å²) in [5.41, 5.74) is 4.04. The van der Waals surface area contributed by atoms with Gasteiger partial charge in [0.25, 0.3) is 0 Å². The number of rotatable bonds is 5. The van der Waals surface area contributed by atoms with Gasteiger partial charge in [0.15, 0.2) is 0 Å². The molecule has 23 heavy (non-hydrogen) atoms. The number of ether oxygens (including phenoxy) is 1. The molecule has 0 aliphatic carbocycles. The Kier molecular flexibility index (Phi) is 4.52. The highest BCUT2D eigenvalue weighted by Crippen LogP contribution is 2.11. The van der Waals surface area contributed by atoms with E-state index in [1.807, 2.05) is 67.7 Å². The lowest BCUT2D eigenvalue weighted by Crippen LogP contribution is -2.09. The molecule has 4 nitrogen and oxygen atoms in total. The molecule has 0 spiro atoms. The van der Waals surface area contributed by atoms with Crippen LogP contribution in [0.2, 0.25) is 0 Å². The second-order valence-electron chi connectivity index (χ2n) is 5.38. The van der Waals surface area contributed by atoms with E-state index in [-0.39, 0.29) is 12.6 Å². The van der Waals surface area contributed by atoms with Gasteiger partial charge in [0.2, 0.25) is 0 Å². The van der Waals surface area contributed by atoms with E-state index in [4.69, 9.17) is 4.74 Å². The molecule has 0 aliphatic heterocycles. The summed E-state index contributed by atoms with van der Waals surface area (Å²) in [5.74, 6) is -0.213. The molecule has 1 aromatic heterocycles. The average molecular weight is 306 g/mol. The molecule has 3 rings (SSSR count). The van der Waals surface area contributed by atoms with Crippen molar-refractivity contribution >= 4 is 5.97 Å². The summed E-state index contributed by atoms with van der Waals surface area (Å²) in [6.45, 7) is 2.28. The number of aryl methyl sites for hydroxylation is 1. The van der Waals surface area contributed by atoms with Crippen molar-refractivity contribution in [2.75, 3.05) is 0 Å². The van der Waals surface area contributed by atoms with Gasteiger partial charge < -0.3 is 4.74 Å². The summed E-state index contributed by atoms with van der Waals surface area (Å²) in [6.07, 6.45) is 3.93. The highest BCUT2D eigenvalue weighted by molar-refractivity contribution is 5.73. The normalized spacial score (nSPS) is 10.5. The summed E-state index contributed by atoms with van der Waals surface area (Å²) < 4.78 is 7.14. The van der Waals surface area contributed by atoms with Crippen molar-refractivity contribution in [3.63, 3.8) is 0 Å². The third-order valence-corrected chi connectivity index (χ3v) is 3.70. The summed E-state index contributed by atoms with van der Waals surface area (Å²) in [6, 6.07) is 17.5. The lowest BCUT2D eigenvalue weighted by Gasteiger charge is -2.08. The number of hydrogen-bond acceptors (Lipinski definition) is 3. The zero-order valence-corrected chi connectivity index (χ0v) is 13.0. The van der Waals surface area contributed by atoms with E-state index in [1.54, 1.807) is 10.9 Å². The van der Waals surface area contributed by atoms with Gasteiger partial charge in [0.05, 0.1) is 12.1 Å². The topological polar surface area (TPSA) is 44.1 Å². The van der Waals surface area contributed by atoms with E-state index in [1.165, 1.54) is 0 Å². The van der Waals surface area contributed by atoms with Crippen LogP contribution in [0.25, 0.3) is 5.69 Å². The molecule has 0 atom stereocenters. The monoisotopic (exact) mass is 306 g/mol. The van der Waals surface area contributed by atoms with Crippen molar-refractivity contribution in [1.29, 1.82) is 0 Å². The number of hydrogen-bond donors (Lipinski definition) is 0. The Balaban J connectivity index is 1.56. The molecule has 0 aliphatic rings. The van der Waals surface area contributed by atoms with Gasteiger partial charge in [-0.1, -0.05) is 36.4 Å². The maximum atomic E-state index is 12.0. The van der Waals surface area contributed by atoms with Crippen LogP contribution in [0, 0.1) is 6.92 Å². The Morgan fingerprint density at radius 3 is 2.57 bits per heavy atom. The molecular weight excluding hydrogens is 288 g/mol. The van der Waals surface area contributed by atoms with Gasteiger partial charge in [-0.25, -0.2) is 4.68 Å². The van der Waals surface area contributed by atoms with Gasteiger partial charge in [-0.2, -0.15) is 5.10 Å². The largest absolute Gasteiger partial charge is 0.461 e. The van der Waals surface area contributed by atoms with Crippen LogP contribution in [-0.2, 0) is 22.6 Å². The summed E-state index contributed by atoms with van der Waals surface area (Å²) in [4.78, 5) is 12.0. The Bertz CT molecular complexity index is 777. The average Bonchev–Trinajstić information content (AvgIpc) is 3.10. The smallest absolute Gasteiger partial charge is 0.310 e. The molecule has 0 unspecified atom stereocenters. The molecule has 4 heteroatoms. The molecule has 2 aromatic carbocycles. The predicted octanol–water partition coefficient (Wildman–Crippen LogP) is 3.47. The minimum atomic E-state index is -0.213. The molecule has 0 saturated heterocycles. The molecule has 0 amide bonds. The molecule has 0 saturated carbocycles. The molecular formula is C19H18N2O2. The standard InChI is InChI=1S/C19H18N2O2/c1-15-5-2-3-6-17(15)13-19(22)23-14-16-7-9-18(10-8-16)21-12-4-11-20-21/h2-12H,13-14H2,1H3. The zero-order valence-electron chi connectivity index (χ0n) is 13.0. The van der Waals surface area contributed by atoms with Gasteiger partial charge in [0, 0.05) is 12.4 Å². The first-order valence-corrected chi connectivity index (χ1v) is 7.51. The first kappa shape index (κ1) is 15.0. The predicted molar refractivity (Wildman–Crippen MR) is 88.2 cm³/mol. The highest BCUT2D eigenvalue weighted by Gasteiger charge is 2.07. The Hall–Kier alpha value is -2.88. The zero-order chi connectivity index (χ0) is 16.1. The number of carbonyl (C=O) groups is 1. The molecule has 0 bridgehead atoms. The van der Waals surface area contributed by atoms with Crippen LogP contribution in [0.4, 0.5) is 0 Å². The maximum absolute atomic E-state index is 12.0. The van der Waals surface area contributed by atoms with Crippen molar-refractivity contribution in [1.82, 2.24) is 9.78 Å². The van der Waals surface area contributed by atoms with Crippen molar-refractivity contribution in [2.45, 2.75) is 20.0 Å². The fraction of sp³-hybridized carbons (Fsp3) is 0.158. The van der Waals surface area contributed by atoms with Crippen LogP contribution in [0.5, 0.6) is 0 Å². The summed E-state index contributed by atoms with van der Waals surface area (Å²) in [5, 5.41) is 4.18. The third kappa shape index (κ3) is 3.86. The lowest BCUT2D eigenvalue weighted by molar-refractivity contribution is -0.144. The van der Waals surface area contributed by atoms with E-state index in [0.29, 0.717) is 6.42 Å². The fourth-order valence-electron chi connectivity index (χ4n) is 2.35. The summed E-state index contributed by atoms with van der Waals surface area (Å²) in [7, 11) is 0. The first-order valence-electron chi connectivity index (χ1n) is 7.51. The van der Waals surface area contributed by atoms with Gasteiger partial charge in [-0.05, 0) is 41.8 Å². The van der Waals surface area contributed by atoms with Crippen molar-refractivity contribution in [3.8, 4) is 5.69 Å². The van der Waals surface area contributed by atoms with Crippen LogP contribution in [0.15, 0.2) is 67.0 Å². The summed E-state index contributed by atoms with van der Waals surface area (Å²) >= 11 is 0. The second-order valence-corrected chi connectivity index (χ2v) is 5.38. The minimum Gasteiger partial charge on any atom is -0.461 e. The number of benzene rings is 2. The third-order valence-electron chi connectivity index (χ3n) is 3.70. The van der Waals surface area contributed by atoms with Crippen molar-refractivity contribution < 1.29 is 9.53 Å². The van der Waals surface area contributed by atoms with Crippen molar-refractivity contribution in [2.24, 2.45) is 0 Å². The highest BCUT2D eigenvalue weighted by atomic mass is 16.5. The quantitative estimate of drug-likeness (QED) is 0.678. The minimum absolute atomic E-state index is 0.213. The van der Waals surface area contributed by atoms with E-state index >= 15 is 0 Å². The van der Waals surface area contributed by atoms with Crippen LogP contribution in [0.1, 0.15) is 16.7 Å². The van der Waals surface area contributed by atoms with E-state index < -0.39 is 0 Å². The number of aromatic nitrogens is 2. The van der Waals surface area contributed by atoms with Crippen LogP contribution < -0.4 is 0 Å². The van der Waals surface area contributed by atoms with Crippen LogP contribution in [0.3, 0.4) is 0 Å². The van der Waals surface area contributed by atoms with Gasteiger partial charge in [-0.15, -0.1) is 0 Å². The lowest BCUT2D eigenvalue weighted by atomic mass is 10.1. The van der Waals surface area contributed by atoms with E-state index in [9.17, 15) is 4.79 Å². The van der Waals surface area contributed by atoms with Crippen LogP contribution in [-0.4, -0.2) is 15.7 Å². The van der Waals surface area contributed by atoms with Crippen molar-refractivity contribution in [3.05, 3.63) is 83.7 Å². The van der Waals surface area contributed by atoms with E-state index in [2.05, 4.69) is 5.10 Å². The second kappa shape index (κ2) is 6.92. The molecule has 0 fully saturated rings. The van der Waals surface area contributed by atoms with Gasteiger partial charge in [0.1, 0.15) is 6.61 Å². The SMILES string of the molecule is Cc1ccccc1CC(=O)OCc1ccc(-n2cccn2)cc1. The first-order chi connectivity index (χ1) is 11.2. The van der Waals surface area contributed by atoms with Crippen LogP contribution >= 0.6 is 0 Å². The number of nitrogens with zero attached hydrogens (tertiary/aromatic N) is 2. The van der Waals surface area contributed by atoms with Gasteiger partial charge in [-0.3, -0.25) is 4.79 Å². The molecule has 0 radical (unpaired) electrons. The molecule has 0 N–H and O–H groups in total. The Morgan fingerprint density at radius 1 is 1.09 bits per heavy atom. The maximum Gasteiger partial charge on any atom is 0.310 e. The van der Waals surface area contributed by atoms with E-state index in [0.717, 1.165) is 22.4 Å². The fourth-order valence-corrected chi connectivity index (χ4v) is 2.35. The molecule has 116 valence electrons. The Morgan fingerprint density at radius 2 is 1.87 bits per heavy atom. The number of esters is 1. The molecule has 1 heterocycles.